The molecule has 0 N–H and O–H groups in total. The summed E-state index contributed by atoms with van der Waals surface area (Å²) in [4.78, 5) is 2.58. The molecule has 2 unspecified atom stereocenters. The van der Waals surface area contributed by atoms with Gasteiger partial charge in [-0.25, -0.2) is 0 Å². The van der Waals surface area contributed by atoms with Gasteiger partial charge in [0.05, 0.1) is 12.2 Å². The van der Waals surface area contributed by atoms with Crippen molar-refractivity contribution in [2.45, 2.75) is 63.1 Å². The molecule has 0 aromatic heterocycles. The van der Waals surface area contributed by atoms with Gasteiger partial charge in [-0.1, -0.05) is 0 Å². The highest BCUT2D eigenvalue weighted by Gasteiger charge is 2.35. The maximum Gasteiger partial charge on any atom is 0.0635 e. The van der Waals surface area contributed by atoms with E-state index in [0.717, 1.165) is 12.6 Å². The van der Waals surface area contributed by atoms with Gasteiger partial charge in [0.1, 0.15) is 0 Å². The molecule has 0 spiro atoms. The minimum absolute atomic E-state index is 0.446. The number of methoxy groups -OCH3 is 1. The number of hydrogen-bond donors (Lipinski definition) is 0. The van der Waals surface area contributed by atoms with Gasteiger partial charge in [-0.05, 0) is 38.5 Å². The Morgan fingerprint density at radius 3 is 2.69 bits per heavy atom. The first-order valence-corrected chi connectivity index (χ1v) is 6.50. The number of hydrogen-bond acceptors (Lipinski definition) is 3. The van der Waals surface area contributed by atoms with Crippen molar-refractivity contribution >= 4 is 0 Å². The molecule has 16 heavy (non-hydrogen) atoms. The van der Waals surface area contributed by atoms with Crippen molar-refractivity contribution in [1.82, 2.24) is 4.90 Å². The zero-order valence-corrected chi connectivity index (χ0v) is 10.2. The van der Waals surface area contributed by atoms with Crippen molar-refractivity contribution in [3.05, 3.63) is 0 Å². The molecule has 2 fully saturated rings. The van der Waals surface area contributed by atoms with Crippen LogP contribution in [0.2, 0.25) is 0 Å². The van der Waals surface area contributed by atoms with Crippen LogP contribution in [-0.4, -0.2) is 36.7 Å². The third-order valence-electron chi connectivity index (χ3n) is 3.90. The quantitative estimate of drug-likeness (QED) is 0.716. The zero-order valence-electron chi connectivity index (χ0n) is 10.2. The van der Waals surface area contributed by atoms with E-state index in [0.29, 0.717) is 18.6 Å². The van der Waals surface area contributed by atoms with Gasteiger partial charge in [0.15, 0.2) is 0 Å². The van der Waals surface area contributed by atoms with Crippen molar-refractivity contribution < 1.29 is 4.74 Å². The molecular formula is C13H22N2O. The lowest BCUT2D eigenvalue weighted by atomic mass is 9.91. The Bertz CT molecular complexity index is 257. The second kappa shape index (κ2) is 5.65. The van der Waals surface area contributed by atoms with Gasteiger partial charge < -0.3 is 4.74 Å². The standard InChI is InChI=1S/C13H22N2O/c1-16-13-5-2-4-12(10-13)15(9-3-8-14)11-6-7-11/h11-13H,2-7,9-10H2,1H3. The monoisotopic (exact) mass is 222 g/mol. The minimum atomic E-state index is 0.446. The van der Waals surface area contributed by atoms with Gasteiger partial charge >= 0.3 is 0 Å². The predicted molar refractivity (Wildman–Crippen MR) is 63.0 cm³/mol. The summed E-state index contributed by atoms with van der Waals surface area (Å²) in [7, 11) is 1.82. The normalized spacial score (nSPS) is 30.3. The van der Waals surface area contributed by atoms with E-state index < -0.39 is 0 Å². The van der Waals surface area contributed by atoms with Crippen LogP contribution in [0.1, 0.15) is 44.9 Å². The third kappa shape index (κ3) is 2.96. The summed E-state index contributed by atoms with van der Waals surface area (Å²) in [6.45, 7) is 0.961. The maximum atomic E-state index is 8.71. The number of ether oxygens (including phenoxy) is 1. The Morgan fingerprint density at radius 1 is 1.25 bits per heavy atom. The summed E-state index contributed by atoms with van der Waals surface area (Å²) in [5, 5.41) is 8.71. The van der Waals surface area contributed by atoms with Crippen molar-refractivity contribution in [3.63, 3.8) is 0 Å². The summed E-state index contributed by atoms with van der Waals surface area (Å²) in [6.07, 6.45) is 8.73. The Labute approximate surface area is 98.4 Å². The molecule has 2 aliphatic carbocycles. The van der Waals surface area contributed by atoms with E-state index in [1.807, 2.05) is 7.11 Å². The minimum Gasteiger partial charge on any atom is -0.381 e. The fourth-order valence-electron chi connectivity index (χ4n) is 2.88. The van der Waals surface area contributed by atoms with Gasteiger partial charge in [-0.3, -0.25) is 4.90 Å². The molecule has 2 rings (SSSR count). The molecule has 0 aromatic carbocycles. The van der Waals surface area contributed by atoms with Crippen LogP contribution in [-0.2, 0) is 4.74 Å². The van der Waals surface area contributed by atoms with E-state index in [-0.39, 0.29) is 0 Å². The molecule has 3 nitrogen and oxygen atoms in total. The molecule has 0 amide bonds. The number of nitrogens with zero attached hydrogens (tertiary/aromatic N) is 2. The Hall–Kier alpha value is -0.590. The van der Waals surface area contributed by atoms with Crippen molar-refractivity contribution in [2.75, 3.05) is 13.7 Å². The lowest BCUT2D eigenvalue weighted by molar-refractivity contribution is 0.0260. The molecule has 0 saturated heterocycles. The van der Waals surface area contributed by atoms with Gasteiger partial charge in [0.2, 0.25) is 0 Å². The third-order valence-corrected chi connectivity index (χ3v) is 3.90. The molecular weight excluding hydrogens is 200 g/mol. The fraction of sp³-hybridized carbons (Fsp3) is 0.923. The summed E-state index contributed by atoms with van der Waals surface area (Å²) in [5.74, 6) is 0. The molecule has 0 aromatic rings. The highest BCUT2D eigenvalue weighted by atomic mass is 16.5. The van der Waals surface area contributed by atoms with E-state index >= 15 is 0 Å². The van der Waals surface area contributed by atoms with Crippen molar-refractivity contribution in [2.24, 2.45) is 0 Å². The van der Waals surface area contributed by atoms with E-state index in [9.17, 15) is 0 Å². The molecule has 0 heterocycles. The Morgan fingerprint density at radius 2 is 2.06 bits per heavy atom. The summed E-state index contributed by atoms with van der Waals surface area (Å²) < 4.78 is 5.48. The second-order valence-electron chi connectivity index (χ2n) is 5.06. The molecule has 3 heteroatoms. The van der Waals surface area contributed by atoms with Crippen LogP contribution < -0.4 is 0 Å². The van der Waals surface area contributed by atoms with Gasteiger partial charge in [-0.2, -0.15) is 5.26 Å². The molecule has 2 aliphatic rings. The van der Waals surface area contributed by atoms with Crippen molar-refractivity contribution in [3.8, 4) is 6.07 Å². The maximum absolute atomic E-state index is 8.71. The highest BCUT2D eigenvalue weighted by molar-refractivity contribution is 4.92. The molecule has 2 saturated carbocycles. The molecule has 0 bridgehead atoms. The van der Waals surface area contributed by atoms with E-state index in [4.69, 9.17) is 10.00 Å². The van der Waals surface area contributed by atoms with Crippen LogP contribution in [0, 0.1) is 11.3 Å². The van der Waals surface area contributed by atoms with Crippen LogP contribution in [0.15, 0.2) is 0 Å². The fourth-order valence-corrected chi connectivity index (χ4v) is 2.88. The highest BCUT2D eigenvalue weighted by Crippen LogP contribution is 2.34. The zero-order chi connectivity index (χ0) is 11.4. The van der Waals surface area contributed by atoms with E-state index in [1.165, 1.54) is 38.5 Å². The number of rotatable bonds is 5. The molecule has 90 valence electrons. The predicted octanol–water partition coefficient (Wildman–Crippen LogP) is 2.32. The summed E-state index contributed by atoms with van der Waals surface area (Å²) >= 11 is 0. The first-order chi connectivity index (χ1) is 7.85. The largest absolute Gasteiger partial charge is 0.381 e. The first kappa shape index (κ1) is 11.9. The van der Waals surface area contributed by atoms with Crippen LogP contribution >= 0.6 is 0 Å². The topological polar surface area (TPSA) is 36.3 Å². The Balaban J connectivity index is 1.88. The van der Waals surface area contributed by atoms with Crippen LogP contribution in [0.25, 0.3) is 0 Å². The molecule has 0 aliphatic heterocycles. The molecule has 2 atom stereocenters. The lowest BCUT2D eigenvalue weighted by Gasteiger charge is -2.37. The average Bonchev–Trinajstić information content (AvgIpc) is 3.14. The SMILES string of the molecule is COC1CCCC(N(CCC#N)C2CC2)C1. The Kier molecular flexibility index (Phi) is 4.20. The first-order valence-electron chi connectivity index (χ1n) is 6.50. The van der Waals surface area contributed by atoms with Crippen LogP contribution in [0.4, 0.5) is 0 Å². The molecule has 0 radical (unpaired) electrons. The average molecular weight is 222 g/mol. The van der Waals surface area contributed by atoms with E-state index in [1.54, 1.807) is 0 Å². The van der Waals surface area contributed by atoms with E-state index in [2.05, 4.69) is 11.0 Å². The smallest absolute Gasteiger partial charge is 0.0635 e. The van der Waals surface area contributed by atoms with Crippen LogP contribution in [0.3, 0.4) is 0 Å². The summed E-state index contributed by atoms with van der Waals surface area (Å²) in [6, 6.07) is 3.71. The number of nitriles is 1. The lowest BCUT2D eigenvalue weighted by Crippen LogP contribution is -2.42. The van der Waals surface area contributed by atoms with Crippen LogP contribution in [0.5, 0.6) is 0 Å². The summed E-state index contributed by atoms with van der Waals surface area (Å²) in [5.41, 5.74) is 0. The van der Waals surface area contributed by atoms with Gasteiger partial charge in [0, 0.05) is 32.2 Å². The van der Waals surface area contributed by atoms with Gasteiger partial charge in [-0.15, -0.1) is 0 Å². The van der Waals surface area contributed by atoms with Gasteiger partial charge in [0.25, 0.3) is 0 Å². The second-order valence-corrected chi connectivity index (χ2v) is 5.06. The van der Waals surface area contributed by atoms with Crippen molar-refractivity contribution in [1.29, 1.82) is 5.26 Å².